The standard InChI is InChI=1S/C10H9ClF2O/c1-10(12,13)6-9(14)7-2-4-8(11)5-3-7/h2-5H,6H2,1H3. The Morgan fingerprint density at radius 2 is 1.86 bits per heavy atom. The van der Waals surface area contributed by atoms with E-state index in [1.165, 1.54) is 24.3 Å². The molecule has 0 heterocycles. The van der Waals surface area contributed by atoms with Crippen molar-refractivity contribution in [3.8, 4) is 0 Å². The zero-order chi connectivity index (χ0) is 10.8. The molecule has 1 rings (SSSR count). The first-order chi connectivity index (χ1) is 6.38. The lowest BCUT2D eigenvalue weighted by Crippen LogP contribution is -2.16. The van der Waals surface area contributed by atoms with E-state index in [4.69, 9.17) is 11.6 Å². The van der Waals surface area contributed by atoms with Crippen molar-refractivity contribution in [2.24, 2.45) is 0 Å². The molecule has 0 aliphatic carbocycles. The normalized spacial score (nSPS) is 11.4. The van der Waals surface area contributed by atoms with Gasteiger partial charge in [0.2, 0.25) is 0 Å². The number of rotatable bonds is 3. The Labute approximate surface area is 85.7 Å². The van der Waals surface area contributed by atoms with Gasteiger partial charge in [0.1, 0.15) is 0 Å². The molecular weight excluding hydrogens is 210 g/mol. The van der Waals surface area contributed by atoms with Crippen LogP contribution in [-0.2, 0) is 0 Å². The number of halogens is 3. The van der Waals surface area contributed by atoms with Crippen molar-refractivity contribution < 1.29 is 13.6 Å². The van der Waals surface area contributed by atoms with E-state index in [2.05, 4.69) is 0 Å². The van der Waals surface area contributed by atoms with Gasteiger partial charge in [-0.3, -0.25) is 4.79 Å². The van der Waals surface area contributed by atoms with Gasteiger partial charge in [0.05, 0.1) is 6.42 Å². The SMILES string of the molecule is CC(F)(F)CC(=O)c1ccc(Cl)cc1. The molecule has 0 aromatic heterocycles. The summed E-state index contributed by atoms with van der Waals surface area (Å²) in [4.78, 5) is 11.2. The summed E-state index contributed by atoms with van der Waals surface area (Å²) in [5.41, 5.74) is 0.260. The number of hydrogen-bond donors (Lipinski definition) is 0. The summed E-state index contributed by atoms with van der Waals surface area (Å²) in [6.45, 7) is 0.723. The van der Waals surface area contributed by atoms with Gasteiger partial charge in [-0.1, -0.05) is 11.6 Å². The molecule has 0 fully saturated rings. The van der Waals surface area contributed by atoms with Crippen molar-refractivity contribution >= 4 is 17.4 Å². The van der Waals surface area contributed by atoms with Crippen molar-refractivity contribution in [1.82, 2.24) is 0 Å². The fraction of sp³-hybridized carbons (Fsp3) is 0.300. The lowest BCUT2D eigenvalue weighted by Gasteiger charge is -2.08. The lowest BCUT2D eigenvalue weighted by molar-refractivity contribution is 0.0156. The van der Waals surface area contributed by atoms with Crippen LogP contribution in [0.15, 0.2) is 24.3 Å². The van der Waals surface area contributed by atoms with Crippen LogP contribution in [0.2, 0.25) is 5.02 Å². The monoisotopic (exact) mass is 218 g/mol. The van der Waals surface area contributed by atoms with Gasteiger partial charge in [-0.05, 0) is 31.2 Å². The van der Waals surface area contributed by atoms with E-state index in [1.807, 2.05) is 0 Å². The van der Waals surface area contributed by atoms with Crippen LogP contribution in [0.5, 0.6) is 0 Å². The van der Waals surface area contributed by atoms with Crippen LogP contribution in [0, 0.1) is 0 Å². The number of Topliss-reactive ketones (excluding diaryl/α,β-unsaturated/α-hetero) is 1. The third-order valence-corrected chi connectivity index (χ3v) is 1.89. The minimum absolute atomic E-state index is 0.260. The first kappa shape index (κ1) is 11.1. The number of alkyl halides is 2. The molecule has 1 aromatic rings. The van der Waals surface area contributed by atoms with Crippen LogP contribution in [0.3, 0.4) is 0 Å². The van der Waals surface area contributed by atoms with Crippen LogP contribution < -0.4 is 0 Å². The molecular formula is C10H9ClF2O. The highest BCUT2D eigenvalue weighted by Gasteiger charge is 2.25. The molecule has 0 atom stereocenters. The van der Waals surface area contributed by atoms with Gasteiger partial charge in [-0.25, -0.2) is 8.78 Å². The molecule has 1 nitrogen and oxygen atoms in total. The molecule has 0 saturated heterocycles. The fourth-order valence-corrected chi connectivity index (χ4v) is 1.15. The largest absolute Gasteiger partial charge is 0.294 e. The van der Waals surface area contributed by atoms with E-state index < -0.39 is 18.1 Å². The maximum atomic E-state index is 12.5. The number of benzene rings is 1. The summed E-state index contributed by atoms with van der Waals surface area (Å²) < 4.78 is 25.0. The predicted molar refractivity (Wildman–Crippen MR) is 51.0 cm³/mol. The van der Waals surface area contributed by atoms with E-state index in [0.717, 1.165) is 6.92 Å². The van der Waals surface area contributed by atoms with E-state index in [0.29, 0.717) is 5.02 Å². The molecule has 0 aliphatic heterocycles. The Morgan fingerprint density at radius 3 is 2.29 bits per heavy atom. The minimum atomic E-state index is -2.96. The Bertz CT molecular complexity index is 327. The molecule has 1 aromatic carbocycles. The zero-order valence-corrected chi connectivity index (χ0v) is 8.31. The minimum Gasteiger partial charge on any atom is -0.294 e. The van der Waals surface area contributed by atoms with Gasteiger partial charge in [0.15, 0.2) is 5.78 Å². The van der Waals surface area contributed by atoms with E-state index in [-0.39, 0.29) is 5.56 Å². The van der Waals surface area contributed by atoms with Crippen LogP contribution >= 0.6 is 11.6 Å². The number of hydrogen-bond acceptors (Lipinski definition) is 1. The summed E-state index contributed by atoms with van der Waals surface area (Å²) >= 11 is 5.59. The van der Waals surface area contributed by atoms with Gasteiger partial charge >= 0.3 is 0 Å². The molecule has 0 radical (unpaired) electrons. The molecule has 0 saturated carbocycles. The first-order valence-corrected chi connectivity index (χ1v) is 4.43. The van der Waals surface area contributed by atoms with Gasteiger partial charge < -0.3 is 0 Å². The van der Waals surface area contributed by atoms with Gasteiger partial charge in [0.25, 0.3) is 5.92 Å². The number of carbonyl (C=O) groups is 1. The first-order valence-electron chi connectivity index (χ1n) is 4.05. The van der Waals surface area contributed by atoms with Crippen LogP contribution in [0.1, 0.15) is 23.7 Å². The second-order valence-electron chi connectivity index (χ2n) is 3.18. The topological polar surface area (TPSA) is 17.1 Å². The highest BCUT2D eigenvalue weighted by atomic mass is 35.5. The summed E-state index contributed by atoms with van der Waals surface area (Å²) in [5, 5.41) is 0.477. The highest BCUT2D eigenvalue weighted by Crippen LogP contribution is 2.20. The molecule has 14 heavy (non-hydrogen) atoms. The van der Waals surface area contributed by atoms with Crippen LogP contribution in [-0.4, -0.2) is 11.7 Å². The van der Waals surface area contributed by atoms with Crippen molar-refractivity contribution in [1.29, 1.82) is 0 Å². The average Bonchev–Trinajstić information content (AvgIpc) is 2.02. The third-order valence-electron chi connectivity index (χ3n) is 1.64. The summed E-state index contributed by atoms with van der Waals surface area (Å²) in [6, 6.07) is 5.89. The van der Waals surface area contributed by atoms with E-state index >= 15 is 0 Å². The smallest absolute Gasteiger partial charge is 0.252 e. The highest BCUT2D eigenvalue weighted by molar-refractivity contribution is 6.30. The third kappa shape index (κ3) is 3.42. The van der Waals surface area contributed by atoms with Gasteiger partial charge in [-0.15, -0.1) is 0 Å². The predicted octanol–water partition coefficient (Wildman–Crippen LogP) is 3.57. The summed E-state index contributed by atoms with van der Waals surface area (Å²) in [5.74, 6) is -3.54. The molecule has 0 bridgehead atoms. The zero-order valence-electron chi connectivity index (χ0n) is 7.56. The van der Waals surface area contributed by atoms with Crippen LogP contribution in [0.4, 0.5) is 8.78 Å². The lowest BCUT2D eigenvalue weighted by atomic mass is 10.1. The molecule has 0 amide bonds. The fourth-order valence-electron chi connectivity index (χ4n) is 1.02. The van der Waals surface area contributed by atoms with Gasteiger partial charge in [0, 0.05) is 10.6 Å². The van der Waals surface area contributed by atoms with E-state index in [1.54, 1.807) is 0 Å². The van der Waals surface area contributed by atoms with Crippen molar-refractivity contribution in [3.05, 3.63) is 34.9 Å². The maximum absolute atomic E-state index is 12.5. The van der Waals surface area contributed by atoms with E-state index in [9.17, 15) is 13.6 Å². The van der Waals surface area contributed by atoms with Crippen molar-refractivity contribution in [3.63, 3.8) is 0 Å². The molecule has 0 aliphatic rings. The maximum Gasteiger partial charge on any atom is 0.252 e. The quantitative estimate of drug-likeness (QED) is 0.709. The number of ketones is 1. The summed E-state index contributed by atoms with van der Waals surface area (Å²) in [7, 11) is 0. The Morgan fingerprint density at radius 1 is 1.36 bits per heavy atom. The van der Waals surface area contributed by atoms with Gasteiger partial charge in [-0.2, -0.15) is 0 Å². The number of carbonyl (C=O) groups excluding carboxylic acids is 1. The molecule has 76 valence electrons. The van der Waals surface area contributed by atoms with Crippen molar-refractivity contribution in [2.45, 2.75) is 19.3 Å². The van der Waals surface area contributed by atoms with Crippen LogP contribution in [0.25, 0.3) is 0 Å². The summed E-state index contributed by atoms with van der Waals surface area (Å²) in [6.07, 6.45) is -0.769. The molecule has 0 unspecified atom stereocenters. The molecule has 0 spiro atoms. The Kier molecular flexibility index (Phi) is 3.21. The Hall–Kier alpha value is -0.960. The Balaban J connectivity index is 2.76. The second kappa shape index (κ2) is 4.05. The molecule has 0 N–H and O–H groups in total. The second-order valence-corrected chi connectivity index (χ2v) is 3.61. The molecule has 4 heteroatoms. The average molecular weight is 219 g/mol. The van der Waals surface area contributed by atoms with Crippen molar-refractivity contribution in [2.75, 3.05) is 0 Å².